The summed E-state index contributed by atoms with van der Waals surface area (Å²) in [6.45, 7) is 5.23. The number of unbranched alkanes of at least 4 members (excludes halogenated alkanes) is 4. The van der Waals surface area contributed by atoms with Gasteiger partial charge in [0.1, 0.15) is 5.75 Å². The molecule has 1 N–H and O–H groups in total. The Morgan fingerprint density at radius 1 is 1.36 bits per heavy atom. The van der Waals surface area contributed by atoms with Crippen LogP contribution in [0.4, 0.5) is 10.5 Å². The van der Waals surface area contributed by atoms with Gasteiger partial charge < -0.3 is 15.0 Å². The highest BCUT2D eigenvalue weighted by molar-refractivity contribution is 8.00. The van der Waals surface area contributed by atoms with E-state index in [1.165, 1.54) is 42.7 Å². The number of thioether (sulfide) groups is 1. The molecule has 0 saturated carbocycles. The van der Waals surface area contributed by atoms with E-state index in [9.17, 15) is 4.79 Å². The van der Waals surface area contributed by atoms with Crippen LogP contribution in [0, 0.1) is 0 Å². The van der Waals surface area contributed by atoms with Gasteiger partial charge in [-0.2, -0.15) is 0 Å². The number of carbonyl (C=O) groups excluding carboxylic acids is 1. The summed E-state index contributed by atoms with van der Waals surface area (Å²) in [6, 6.07) is 6.07. The van der Waals surface area contributed by atoms with Gasteiger partial charge in [-0.15, -0.1) is 11.8 Å². The summed E-state index contributed by atoms with van der Waals surface area (Å²) in [7, 11) is 2.17. The smallest absolute Gasteiger partial charge is 0.410 e. The van der Waals surface area contributed by atoms with Gasteiger partial charge in [0.05, 0.1) is 5.37 Å². The topological polar surface area (TPSA) is 41.6 Å². The molecular weight excluding hydrogens is 332 g/mol. The molecule has 138 valence electrons. The molecule has 2 heterocycles. The van der Waals surface area contributed by atoms with Gasteiger partial charge >= 0.3 is 6.09 Å². The van der Waals surface area contributed by atoms with E-state index < -0.39 is 0 Å². The Bertz CT molecular complexity index is 622. The lowest BCUT2D eigenvalue weighted by molar-refractivity contribution is 0.200. The molecule has 25 heavy (non-hydrogen) atoms. The average Bonchev–Trinajstić information content (AvgIpc) is 3.08. The molecule has 0 bridgehead atoms. The van der Waals surface area contributed by atoms with Crippen LogP contribution < -0.4 is 15.0 Å². The summed E-state index contributed by atoms with van der Waals surface area (Å²) >= 11 is 2.02. The van der Waals surface area contributed by atoms with Gasteiger partial charge in [0.25, 0.3) is 0 Å². The van der Waals surface area contributed by atoms with E-state index in [1.54, 1.807) is 0 Å². The van der Waals surface area contributed by atoms with Crippen LogP contribution in [-0.4, -0.2) is 30.8 Å². The zero-order valence-electron chi connectivity index (χ0n) is 15.6. The SMILES string of the molecule is CCCCCCCNC(=O)Oc1ccc2c(c1)[C@]1(C)CCS[C@@H]1N2C. The number of hydrogen-bond acceptors (Lipinski definition) is 4. The Balaban J connectivity index is 1.56. The van der Waals surface area contributed by atoms with Gasteiger partial charge in [0, 0.05) is 24.7 Å². The Kier molecular flexibility index (Phi) is 5.82. The first-order chi connectivity index (χ1) is 12.1. The molecule has 0 spiro atoms. The molecule has 1 fully saturated rings. The number of amides is 1. The Morgan fingerprint density at radius 3 is 2.96 bits per heavy atom. The number of ether oxygens (including phenoxy) is 1. The predicted molar refractivity (Wildman–Crippen MR) is 106 cm³/mol. The maximum atomic E-state index is 12.0. The van der Waals surface area contributed by atoms with E-state index in [1.807, 2.05) is 17.8 Å². The highest BCUT2D eigenvalue weighted by Gasteiger charge is 2.50. The minimum absolute atomic E-state index is 0.157. The van der Waals surface area contributed by atoms with Crippen LogP contribution in [0.1, 0.15) is 57.9 Å². The summed E-state index contributed by atoms with van der Waals surface area (Å²) in [5.41, 5.74) is 2.74. The fourth-order valence-electron chi connectivity index (χ4n) is 4.03. The van der Waals surface area contributed by atoms with Crippen molar-refractivity contribution < 1.29 is 9.53 Å². The van der Waals surface area contributed by atoms with Gasteiger partial charge in [-0.1, -0.05) is 39.5 Å². The second-order valence-corrected chi connectivity index (χ2v) is 8.60. The molecule has 2 aliphatic rings. The fraction of sp³-hybridized carbons (Fsp3) is 0.650. The number of rotatable bonds is 7. The maximum absolute atomic E-state index is 12.0. The number of nitrogens with zero attached hydrogens (tertiary/aromatic N) is 1. The molecule has 1 aromatic carbocycles. The van der Waals surface area contributed by atoms with Crippen molar-refractivity contribution in [2.75, 3.05) is 24.2 Å². The molecule has 5 heteroatoms. The Hall–Kier alpha value is -1.36. The molecular formula is C20H30N2O2S. The largest absolute Gasteiger partial charge is 0.412 e. The number of anilines is 1. The first kappa shape index (κ1) is 18.4. The number of benzene rings is 1. The third kappa shape index (κ3) is 3.76. The maximum Gasteiger partial charge on any atom is 0.412 e. The Morgan fingerprint density at radius 2 is 2.16 bits per heavy atom. The zero-order chi connectivity index (χ0) is 17.9. The number of nitrogens with one attached hydrogen (secondary N) is 1. The van der Waals surface area contributed by atoms with E-state index in [4.69, 9.17) is 4.74 Å². The highest BCUT2D eigenvalue weighted by atomic mass is 32.2. The van der Waals surface area contributed by atoms with E-state index >= 15 is 0 Å². The monoisotopic (exact) mass is 362 g/mol. The number of fused-ring (bicyclic) bond motifs is 3. The van der Waals surface area contributed by atoms with Crippen LogP contribution >= 0.6 is 11.8 Å². The van der Waals surface area contributed by atoms with Crippen molar-refractivity contribution >= 4 is 23.5 Å². The van der Waals surface area contributed by atoms with Crippen LogP contribution in [0.3, 0.4) is 0 Å². The molecule has 4 nitrogen and oxygen atoms in total. The van der Waals surface area contributed by atoms with E-state index in [-0.39, 0.29) is 11.5 Å². The number of hydrogen-bond donors (Lipinski definition) is 1. The summed E-state index contributed by atoms with van der Waals surface area (Å²) in [6.07, 6.45) is 6.76. The second kappa shape index (κ2) is 7.90. The molecule has 0 aliphatic carbocycles. The molecule has 3 rings (SSSR count). The third-order valence-corrected chi connectivity index (χ3v) is 7.11. The van der Waals surface area contributed by atoms with Crippen LogP contribution in [0.5, 0.6) is 5.75 Å². The van der Waals surface area contributed by atoms with Crippen molar-refractivity contribution in [2.45, 2.75) is 63.2 Å². The van der Waals surface area contributed by atoms with E-state index in [2.05, 4.69) is 43.2 Å². The molecule has 0 radical (unpaired) electrons. The molecule has 1 saturated heterocycles. The highest BCUT2D eigenvalue weighted by Crippen LogP contribution is 2.55. The quantitative estimate of drug-likeness (QED) is 0.699. The summed E-state index contributed by atoms with van der Waals surface area (Å²) in [5, 5.41) is 3.36. The minimum atomic E-state index is -0.343. The fourth-order valence-corrected chi connectivity index (χ4v) is 5.74. The number of carbonyl (C=O) groups is 1. The summed E-state index contributed by atoms with van der Waals surface area (Å²) in [5.74, 6) is 1.84. The lowest BCUT2D eigenvalue weighted by atomic mass is 9.82. The van der Waals surface area contributed by atoms with Crippen molar-refractivity contribution in [3.8, 4) is 5.75 Å². The zero-order valence-corrected chi connectivity index (χ0v) is 16.5. The first-order valence-electron chi connectivity index (χ1n) is 9.51. The lowest BCUT2D eigenvalue weighted by Crippen LogP contribution is -2.34. The van der Waals surface area contributed by atoms with Gasteiger partial charge in [-0.05, 0) is 42.4 Å². The van der Waals surface area contributed by atoms with Crippen LogP contribution in [0.15, 0.2) is 18.2 Å². The van der Waals surface area contributed by atoms with E-state index in [0.717, 1.165) is 12.8 Å². The minimum Gasteiger partial charge on any atom is -0.410 e. The van der Waals surface area contributed by atoms with Gasteiger partial charge in [0.15, 0.2) is 0 Å². The van der Waals surface area contributed by atoms with Gasteiger partial charge in [-0.25, -0.2) is 4.79 Å². The van der Waals surface area contributed by atoms with Crippen LogP contribution in [0.2, 0.25) is 0 Å². The van der Waals surface area contributed by atoms with Crippen molar-refractivity contribution in [3.63, 3.8) is 0 Å². The Labute approximate surface area is 155 Å². The number of likely N-dealkylation sites (N-methyl/N-ethyl adjacent to an activating group) is 1. The summed E-state index contributed by atoms with van der Waals surface area (Å²) in [4.78, 5) is 14.4. The molecule has 1 amide bonds. The van der Waals surface area contributed by atoms with Crippen LogP contribution in [-0.2, 0) is 5.41 Å². The summed E-state index contributed by atoms with van der Waals surface area (Å²) < 4.78 is 5.52. The van der Waals surface area contributed by atoms with Crippen molar-refractivity contribution in [1.82, 2.24) is 5.32 Å². The molecule has 1 aromatic rings. The predicted octanol–water partition coefficient (Wildman–Crippen LogP) is 4.92. The third-order valence-electron chi connectivity index (χ3n) is 5.52. The van der Waals surface area contributed by atoms with Crippen molar-refractivity contribution in [2.24, 2.45) is 0 Å². The molecule has 2 aliphatic heterocycles. The van der Waals surface area contributed by atoms with Crippen molar-refractivity contribution in [3.05, 3.63) is 23.8 Å². The molecule has 0 unspecified atom stereocenters. The van der Waals surface area contributed by atoms with E-state index in [0.29, 0.717) is 17.7 Å². The molecule has 2 atom stereocenters. The standard InChI is InChI=1S/C20H30N2O2S/c1-4-5-6-7-8-12-21-19(23)24-15-9-10-17-16(14-15)20(2)11-13-25-18(20)22(17)3/h9-10,14,18H,4-8,11-13H2,1-3H3,(H,21,23)/t18-,20-/m0/s1. The lowest BCUT2D eigenvalue weighted by Gasteiger charge is -2.27. The van der Waals surface area contributed by atoms with Crippen LogP contribution in [0.25, 0.3) is 0 Å². The van der Waals surface area contributed by atoms with Crippen molar-refractivity contribution in [1.29, 1.82) is 0 Å². The first-order valence-corrected chi connectivity index (χ1v) is 10.6. The normalized spacial score (nSPS) is 24.1. The average molecular weight is 363 g/mol. The van der Waals surface area contributed by atoms with Gasteiger partial charge in [-0.3, -0.25) is 0 Å². The second-order valence-electron chi connectivity index (χ2n) is 7.41. The van der Waals surface area contributed by atoms with Gasteiger partial charge in [0.2, 0.25) is 0 Å². The molecule has 0 aromatic heterocycles.